The summed E-state index contributed by atoms with van der Waals surface area (Å²) in [7, 11) is -3.80. The van der Waals surface area contributed by atoms with Crippen molar-refractivity contribution in [2.75, 3.05) is 32.8 Å². The number of halogens is 3. The summed E-state index contributed by atoms with van der Waals surface area (Å²) < 4.78 is 66.8. The van der Waals surface area contributed by atoms with Crippen LogP contribution in [0.1, 0.15) is 12.8 Å². The highest BCUT2D eigenvalue weighted by molar-refractivity contribution is 7.89. The molecule has 0 saturated carbocycles. The van der Waals surface area contributed by atoms with Crippen molar-refractivity contribution in [1.29, 1.82) is 0 Å². The van der Waals surface area contributed by atoms with Gasteiger partial charge in [0, 0.05) is 26.2 Å². The molecule has 0 spiro atoms. The van der Waals surface area contributed by atoms with E-state index < -0.39 is 22.1 Å². The van der Waals surface area contributed by atoms with Crippen LogP contribution < -0.4 is 9.46 Å². The van der Waals surface area contributed by atoms with Crippen molar-refractivity contribution in [1.82, 2.24) is 9.62 Å². The lowest BCUT2D eigenvalue weighted by atomic mass is 9.99. The molecule has 142 valence electrons. The van der Waals surface area contributed by atoms with Crippen LogP contribution in [0.25, 0.3) is 0 Å². The van der Waals surface area contributed by atoms with Gasteiger partial charge in [-0.05, 0) is 49.6 Å². The number of aliphatic hydroxyl groups excluding tert-OH is 1. The molecule has 1 atom stereocenters. The summed E-state index contributed by atoms with van der Waals surface area (Å²) in [6.45, 7) is 2.38. The molecule has 6 nitrogen and oxygen atoms in total. The van der Waals surface area contributed by atoms with E-state index in [2.05, 4.69) is 14.4 Å². The van der Waals surface area contributed by atoms with Crippen molar-refractivity contribution in [2.24, 2.45) is 5.92 Å². The van der Waals surface area contributed by atoms with E-state index in [4.69, 9.17) is 0 Å². The zero-order valence-electron chi connectivity index (χ0n) is 13.5. The van der Waals surface area contributed by atoms with E-state index >= 15 is 0 Å². The molecule has 25 heavy (non-hydrogen) atoms. The summed E-state index contributed by atoms with van der Waals surface area (Å²) in [6.07, 6.45) is -2.90. The minimum atomic E-state index is -4.82. The van der Waals surface area contributed by atoms with Gasteiger partial charge in [0.05, 0.1) is 4.90 Å². The molecular formula is C15H21F3N2O4S. The van der Waals surface area contributed by atoms with Gasteiger partial charge in [0.15, 0.2) is 0 Å². The smallest absolute Gasteiger partial charge is 0.406 e. The van der Waals surface area contributed by atoms with E-state index in [9.17, 15) is 26.7 Å². The molecule has 10 heteroatoms. The lowest BCUT2D eigenvalue weighted by molar-refractivity contribution is -0.274. The summed E-state index contributed by atoms with van der Waals surface area (Å²) >= 11 is 0. The van der Waals surface area contributed by atoms with Crippen LogP contribution in [-0.2, 0) is 10.0 Å². The van der Waals surface area contributed by atoms with Gasteiger partial charge in [0.2, 0.25) is 10.0 Å². The van der Waals surface area contributed by atoms with E-state index in [-0.39, 0.29) is 24.0 Å². The molecule has 2 N–H and O–H groups in total. The summed E-state index contributed by atoms with van der Waals surface area (Å²) in [5.74, 6) is -0.263. The normalized spacial score (nSPS) is 19.8. The lowest BCUT2D eigenvalue weighted by Gasteiger charge is -2.31. The van der Waals surface area contributed by atoms with Crippen molar-refractivity contribution >= 4 is 10.0 Å². The highest BCUT2D eigenvalue weighted by Gasteiger charge is 2.31. The second-order valence-electron chi connectivity index (χ2n) is 5.91. The molecule has 1 saturated heterocycles. The Morgan fingerprint density at radius 2 is 1.96 bits per heavy atom. The lowest BCUT2D eigenvalue weighted by Crippen LogP contribution is -2.41. The fraction of sp³-hybridized carbons (Fsp3) is 0.600. The van der Waals surface area contributed by atoms with Crippen LogP contribution in [0.15, 0.2) is 29.2 Å². The summed E-state index contributed by atoms with van der Waals surface area (Å²) in [6, 6.07) is 4.04. The van der Waals surface area contributed by atoms with E-state index in [0.29, 0.717) is 6.54 Å². The van der Waals surface area contributed by atoms with E-state index in [1.165, 1.54) is 0 Å². The number of hydrogen-bond acceptors (Lipinski definition) is 5. The van der Waals surface area contributed by atoms with Crippen LogP contribution >= 0.6 is 0 Å². The van der Waals surface area contributed by atoms with E-state index in [0.717, 1.165) is 50.2 Å². The SMILES string of the molecule is O=S(=O)(NCCN1CCC[C@H](CO)C1)c1ccc(OC(F)(F)F)cc1. The Kier molecular flexibility index (Phi) is 6.66. The first kappa shape index (κ1) is 20.0. The first-order valence-electron chi connectivity index (χ1n) is 7.88. The van der Waals surface area contributed by atoms with E-state index in [1.807, 2.05) is 0 Å². The molecule has 0 aliphatic carbocycles. The third kappa shape index (κ3) is 6.46. The molecule has 1 fully saturated rings. The fourth-order valence-corrected chi connectivity index (χ4v) is 3.77. The summed E-state index contributed by atoms with van der Waals surface area (Å²) in [5.41, 5.74) is 0. The largest absolute Gasteiger partial charge is 0.573 e. The van der Waals surface area contributed by atoms with Crippen LogP contribution in [0.4, 0.5) is 13.2 Å². The fourth-order valence-electron chi connectivity index (χ4n) is 2.75. The predicted molar refractivity (Wildman–Crippen MR) is 84.6 cm³/mol. The molecule has 1 aromatic rings. The van der Waals surface area contributed by atoms with Gasteiger partial charge in [-0.2, -0.15) is 0 Å². The third-order valence-electron chi connectivity index (χ3n) is 3.95. The molecule has 0 amide bonds. The molecule has 1 aromatic carbocycles. The molecule has 0 aromatic heterocycles. The number of ether oxygens (including phenoxy) is 1. The minimum Gasteiger partial charge on any atom is -0.406 e. The average molecular weight is 382 g/mol. The zero-order valence-corrected chi connectivity index (χ0v) is 14.3. The summed E-state index contributed by atoms with van der Waals surface area (Å²) in [5, 5.41) is 9.19. The van der Waals surface area contributed by atoms with Crippen molar-refractivity contribution in [3.8, 4) is 5.75 Å². The van der Waals surface area contributed by atoms with Crippen LogP contribution in [0.2, 0.25) is 0 Å². The van der Waals surface area contributed by atoms with Crippen molar-refractivity contribution in [3.63, 3.8) is 0 Å². The molecule has 1 heterocycles. The standard InChI is InChI=1S/C15H21F3N2O4S/c16-15(17,18)24-13-3-5-14(6-4-13)25(22,23)19-7-9-20-8-1-2-12(10-20)11-21/h3-6,12,19,21H,1-2,7-11H2/t12-/m0/s1. The maximum Gasteiger partial charge on any atom is 0.573 e. The Labute approximate surface area is 144 Å². The molecular weight excluding hydrogens is 361 g/mol. The summed E-state index contributed by atoms with van der Waals surface area (Å²) in [4.78, 5) is 1.95. The maximum absolute atomic E-state index is 12.2. The van der Waals surface area contributed by atoms with E-state index in [1.54, 1.807) is 0 Å². The highest BCUT2D eigenvalue weighted by Crippen LogP contribution is 2.23. The average Bonchev–Trinajstić information content (AvgIpc) is 2.54. The minimum absolute atomic E-state index is 0.120. The Balaban J connectivity index is 1.86. The number of alkyl halides is 3. The van der Waals surface area contributed by atoms with Gasteiger partial charge in [0.25, 0.3) is 0 Å². The Morgan fingerprint density at radius 3 is 2.56 bits per heavy atom. The molecule has 0 unspecified atom stereocenters. The molecule has 2 rings (SSSR count). The van der Waals surface area contributed by atoms with Crippen LogP contribution in [0, 0.1) is 5.92 Å². The molecule has 0 bridgehead atoms. The van der Waals surface area contributed by atoms with Gasteiger partial charge in [-0.1, -0.05) is 0 Å². The Hall–Kier alpha value is -1.36. The molecule has 0 radical (unpaired) electrons. The number of sulfonamides is 1. The number of aliphatic hydroxyl groups is 1. The topological polar surface area (TPSA) is 78.9 Å². The Bertz CT molecular complexity index is 650. The second-order valence-corrected chi connectivity index (χ2v) is 7.68. The van der Waals surface area contributed by atoms with Gasteiger partial charge in [0.1, 0.15) is 5.75 Å². The molecule has 1 aliphatic rings. The van der Waals surface area contributed by atoms with Crippen LogP contribution in [-0.4, -0.2) is 57.6 Å². The Morgan fingerprint density at radius 1 is 1.28 bits per heavy atom. The van der Waals surface area contributed by atoms with Gasteiger partial charge >= 0.3 is 6.36 Å². The predicted octanol–water partition coefficient (Wildman–Crippen LogP) is 1.57. The number of nitrogens with one attached hydrogen (secondary N) is 1. The quantitative estimate of drug-likeness (QED) is 0.749. The van der Waals surface area contributed by atoms with Crippen molar-refractivity contribution in [3.05, 3.63) is 24.3 Å². The number of nitrogens with zero attached hydrogens (tertiary/aromatic N) is 1. The van der Waals surface area contributed by atoms with Crippen molar-refractivity contribution < 1.29 is 31.4 Å². The van der Waals surface area contributed by atoms with Crippen LogP contribution in [0.5, 0.6) is 5.75 Å². The number of hydrogen-bond donors (Lipinski definition) is 2. The van der Waals surface area contributed by atoms with Gasteiger partial charge in [-0.25, -0.2) is 13.1 Å². The zero-order chi connectivity index (χ0) is 18.5. The molecule has 1 aliphatic heterocycles. The monoisotopic (exact) mass is 382 g/mol. The maximum atomic E-state index is 12.2. The van der Waals surface area contributed by atoms with Gasteiger partial charge in [-0.15, -0.1) is 13.2 Å². The first-order chi connectivity index (χ1) is 11.7. The van der Waals surface area contributed by atoms with Crippen LogP contribution in [0.3, 0.4) is 0 Å². The number of benzene rings is 1. The third-order valence-corrected chi connectivity index (χ3v) is 5.43. The number of piperidine rings is 1. The second kappa shape index (κ2) is 8.35. The van der Waals surface area contributed by atoms with Crippen molar-refractivity contribution in [2.45, 2.75) is 24.1 Å². The first-order valence-corrected chi connectivity index (χ1v) is 9.36. The highest BCUT2D eigenvalue weighted by atomic mass is 32.2. The number of likely N-dealkylation sites (tertiary alicyclic amines) is 1. The van der Waals surface area contributed by atoms with Gasteiger partial charge < -0.3 is 14.7 Å². The number of rotatable bonds is 7. The van der Waals surface area contributed by atoms with Gasteiger partial charge in [-0.3, -0.25) is 0 Å².